The topological polar surface area (TPSA) is 280 Å². The lowest BCUT2D eigenvalue weighted by molar-refractivity contribution is -0.141. The molecule has 56 heavy (non-hydrogen) atoms. The molecule has 7 amide bonds. The summed E-state index contributed by atoms with van der Waals surface area (Å²) in [6.45, 7) is 11.0. The molecule has 8 unspecified atom stereocenters. The molecular formula is C38H58ClN9O8. The van der Waals surface area contributed by atoms with Crippen molar-refractivity contribution in [1.29, 1.82) is 0 Å². The molecule has 1 fully saturated rings. The smallest absolute Gasteiger partial charge is 0.248 e. The van der Waals surface area contributed by atoms with Crippen LogP contribution in [0.25, 0.3) is 10.9 Å². The van der Waals surface area contributed by atoms with Crippen LogP contribution in [-0.2, 0) is 40.0 Å². The third kappa shape index (κ3) is 12.4. The molecular weight excluding hydrogens is 746 g/mol. The van der Waals surface area contributed by atoms with E-state index in [0.717, 1.165) is 0 Å². The number of aliphatic hydroxyl groups excluding tert-OH is 1. The van der Waals surface area contributed by atoms with E-state index in [1.54, 1.807) is 45.2 Å². The fourth-order valence-corrected chi connectivity index (χ4v) is 6.52. The molecule has 2 heterocycles. The van der Waals surface area contributed by atoms with Gasteiger partial charge in [-0.2, -0.15) is 0 Å². The number of halogens is 1. The number of H-pyrrole nitrogens is 1. The summed E-state index contributed by atoms with van der Waals surface area (Å²) in [5, 5.41) is 27.6. The highest BCUT2D eigenvalue weighted by Gasteiger charge is 2.39. The predicted octanol–water partition coefficient (Wildman–Crippen LogP) is 0.00960. The molecule has 1 aromatic carbocycles. The Labute approximate surface area is 331 Å². The Balaban J connectivity index is 2.19. The molecule has 0 saturated carbocycles. The second-order valence-electron chi connectivity index (χ2n) is 15.2. The van der Waals surface area contributed by atoms with E-state index in [-0.39, 0.29) is 38.1 Å². The highest BCUT2D eigenvalue weighted by Crippen LogP contribution is 2.24. The maximum Gasteiger partial charge on any atom is 0.248 e. The van der Waals surface area contributed by atoms with Gasteiger partial charge in [0, 0.05) is 28.5 Å². The first-order chi connectivity index (χ1) is 26.4. The minimum atomic E-state index is -2.27. The lowest BCUT2D eigenvalue weighted by atomic mass is 9.95. The van der Waals surface area contributed by atoms with Crippen LogP contribution in [0, 0.1) is 17.8 Å². The van der Waals surface area contributed by atoms with E-state index in [2.05, 4.69) is 36.9 Å². The van der Waals surface area contributed by atoms with E-state index in [9.17, 15) is 38.7 Å². The minimum Gasteiger partial charge on any atom is -0.381 e. The molecule has 1 saturated heterocycles. The molecule has 0 aliphatic carbocycles. The predicted molar refractivity (Wildman–Crippen MR) is 210 cm³/mol. The number of fused-ring (bicyclic) bond motifs is 1. The molecule has 0 bridgehead atoms. The van der Waals surface area contributed by atoms with Crippen molar-refractivity contribution in [3.63, 3.8) is 0 Å². The van der Waals surface area contributed by atoms with E-state index in [0.29, 0.717) is 34.3 Å². The van der Waals surface area contributed by atoms with E-state index in [4.69, 9.17) is 23.1 Å². The van der Waals surface area contributed by atoms with Gasteiger partial charge in [0.1, 0.15) is 36.3 Å². The van der Waals surface area contributed by atoms with Crippen LogP contribution in [0.2, 0.25) is 5.02 Å². The molecule has 0 radical (unpaired) electrons. The number of carbonyl (C=O) groups is 7. The van der Waals surface area contributed by atoms with Crippen LogP contribution in [0.4, 0.5) is 0 Å². The van der Waals surface area contributed by atoms with Crippen molar-refractivity contribution < 1.29 is 38.7 Å². The van der Waals surface area contributed by atoms with Crippen molar-refractivity contribution >= 4 is 63.9 Å². The van der Waals surface area contributed by atoms with Crippen LogP contribution in [-0.4, -0.2) is 100 Å². The Morgan fingerprint density at radius 1 is 0.768 bits per heavy atom. The van der Waals surface area contributed by atoms with Crippen molar-refractivity contribution in [1.82, 2.24) is 36.9 Å². The van der Waals surface area contributed by atoms with E-state index in [1.807, 2.05) is 20.8 Å². The quantitative estimate of drug-likeness (QED) is 0.130. The summed E-state index contributed by atoms with van der Waals surface area (Å²) in [6, 6.07) is -3.24. The van der Waals surface area contributed by atoms with E-state index >= 15 is 0 Å². The Bertz CT molecular complexity index is 1730. The first kappa shape index (κ1) is 45.6. The van der Waals surface area contributed by atoms with E-state index in [1.165, 1.54) is 0 Å². The summed E-state index contributed by atoms with van der Waals surface area (Å²) < 4.78 is 0. The second-order valence-corrected chi connectivity index (χ2v) is 15.7. The number of amides is 7. The normalized spacial score (nSPS) is 24.6. The average Bonchev–Trinajstić information content (AvgIpc) is 3.54. The summed E-state index contributed by atoms with van der Waals surface area (Å²) in [6.07, 6.45) is 0.598. The van der Waals surface area contributed by atoms with Gasteiger partial charge in [0.2, 0.25) is 41.4 Å². The summed E-state index contributed by atoms with van der Waals surface area (Å²) in [4.78, 5) is 99.3. The molecule has 17 nitrogen and oxygen atoms in total. The van der Waals surface area contributed by atoms with Crippen LogP contribution in [0.1, 0.15) is 79.2 Å². The highest BCUT2D eigenvalue weighted by molar-refractivity contribution is 6.31. The van der Waals surface area contributed by atoms with Crippen LogP contribution in [0.3, 0.4) is 0 Å². The molecule has 1 aliphatic heterocycles. The number of aromatic amines is 1. The third-order valence-corrected chi connectivity index (χ3v) is 10.2. The summed E-state index contributed by atoms with van der Waals surface area (Å²) >= 11 is 6.27. The first-order valence-electron chi connectivity index (χ1n) is 19.1. The van der Waals surface area contributed by atoms with Gasteiger partial charge in [-0.15, -0.1) is 0 Å². The maximum absolute atomic E-state index is 14.2. The van der Waals surface area contributed by atoms with Crippen molar-refractivity contribution in [3.05, 3.63) is 35.0 Å². The van der Waals surface area contributed by atoms with Gasteiger partial charge in [-0.05, 0) is 73.7 Å². The molecule has 1 aliphatic rings. The SMILES string of the molecule is CCC(C)C1NC(=O)C(CCC(C)C)NC(=O)C(C(C)C)NC(=O)C(Cc2c[nH]c3ccc(Cl)cc23)NC(=O)C(C(O)C(N)=O)NC(=O)C(CCCN)NC1=O. The van der Waals surface area contributed by atoms with Crippen LogP contribution < -0.4 is 43.4 Å². The molecule has 0 spiro atoms. The van der Waals surface area contributed by atoms with Gasteiger partial charge in [-0.25, -0.2) is 0 Å². The number of hydrogen-bond donors (Lipinski definition) is 10. The second kappa shape index (κ2) is 21.0. The van der Waals surface area contributed by atoms with Crippen molar-refractivity contribution in [2.45, 2.75) is 122 Å². The summed E-state index contributed by atoms with van der Waals surface area (Å²) in [7, 11) is 0. The van der Waals surface area contributed by atoms with Gasteiger partial charge < -0.3 is 53.5 Å². The molecule has 2 aromatic rings. The van der Waals surface area contributed by atoms with Crippen molar-refractivity contribution in [2.24, 2.45) is 29.2 Å². The monoisotopic (exact) mass is 803 g/mol. The molecule has 12 N–H and O–H groups in total. The number of nitrogens with two attached hydrogens (primary N) is 2. The highest BCUT2D eigenvalue weighted by atomic mass is 35.5. The first-order valence-corrected chi connectivity index (χ1v) is 19.5. The van der Waals surface area contributed by atoms with E-state index < -0.39 is 95.5 Å². The zero-order valence-electron chi connectivity index (χ0n) is 32.9. The number of benzene rings is 1. The van der Waals surface area contributed by atoms with Crippen LogP contribution in [0.15, 0.2) is 24.4 Å². The lowest BCUT2D eigenvalue weighted by Crippen LogP contribution is -2.65. The largest absolute Gasteiger partial charge is 0.381 e. The number of carbonyl (C=O) groups excluding carboxylic acids is 7. The van der Waals surface area contributed by atoms with Gasteiger partial charge in [0.15, 0.2) is 6.10 Å². The Morgan fingerprint density at radius 3 is 1.88 bits per heavy atom. The zero-order chi connectivity index (χ0) is 41.9. The van der Waals surface area contributed by atoms with Gasteiger partial charge in [0.25, 0.3) is 0 Å². The van der Waals surface area contributed by atoms with Gasteiger partial charge in [-0.1, -0.05) is 59.6 Å². The Hall–Kier alpha value is -4.74. The fourth-order valence-electron chi connectivity index (χ4n) is 6.34. The van der Waals surface area contributed by atoms with Crippen LogP contribution >= 0.6 is 11.6 Å². The molecule has 8 atom stereocenters. The molecule has 1 aromatic heterocycles. The molecule has 18 heteroatoms. The molecule has 310 valence electrons. The number of hydrogen-bond acceptors (Lipinski definition) is 9. The number of aromatic nitrogens is 1. The number of aliphatic hydroxyl groups is 1. The van der Waals surface area contributed by atoms with Gasteiger partial charge in [0.05, 0.1) is 0 Å². The molecule has 3 rings (SSSR count). The zero-order valence-corrected chi connectivity index (χ0v) is 33.6. The van der Waals surface area contributed by atoms with Gasteiger partial charge >= 0.3 is 0 Å². The van der Waals surface area contributed by atoms with Crippen molar-refractivity contribution in [2.75, 3.05) is 6.54 Å². The average molecular weight is 804 g/mol. The fraction of sp³-hybridized carbons (Fsp3) is 0.605. The summed E-state index contributed by atoms with van der Waals surface area (Å²) in [5.41, 5.74) is 12.3. The minimum absolute atomic E-state index is 0.0198. The Morgan fingerprint density at radius 2 is 1.30 bits per heavy atom. The standard InChI is InChI=1S/C38H58ClN9O8/c1-7-20(6)29-37(55)43-25(9-8-14-40)33(51)48-30(31(49)32(41)50)38(56)45-27(15-21-17-42-24-13-11-22(39)16-23(21)24)35(53)46-28(19(4)5)36(54)44-26(34(52)47-29)12-10-18(2)3/h11,13,16-20,25-31,42,49H,7-10,12,14-15,40H2,1-6H3,(H2,41,50)(H,43,55)(H,44,54)(H,45,56)(H,46,53)(H,47,52)(H,48,51). The third-order valence-electron chi connectivity index (χ3n) is 10.0. The number of rotatable bonds is 13. The Kier molecular flexibility index (Phi) is 17.1. The van der Waals surface area contributed by atoms with Crippen molar-refractivity contribution in [3.8, 4) is 0 Å². The number of nitrogens with one attached hydrogen (secondary N) is 7. The summed E-state index contributed by atoms with van der Waals surface area (Å²) in [5.74, 6) is -7.13. The van der Waals surface area contributed by atoms with Crippen LogP contribution in [0.5, 0.6) is 0 Å². The maximum atomic E-state index is 14.2. The lowest BCUT2D eigenvalue weighted by Gasteiger charge is -2.31. The number of primary amides is 1. The van der Waals surface area contributed by atoms with Gasteiger partial charge in [-0.3, -0.25) is 33.6 Å².